The summed E-state index contributed by atoms with van der Waals surface area (Å²) in [7, 11) is 0. The van der Waals surface area contributed by atoms with Gasteiger partial charge in [0.1, 0.15) is 5.65 Å². The van der Waals surface area contributed by atoms with Crippen LogP contribution in [0.3, 0.4) is 0 Å². The molecule has 4 heteroatoms. The highest BCUT2D eigenvalue weighted by atomic mass is 15.2. The van der Waals surface area contributed by atoms with Gasteiger partial charge in [-0.15, -0.1) is 0 Å². The third-order valence-corrected chi connectivity index (χ3v) is 13.6. The van der Waals surface area contributed by atoms with E-state index in [4.69, 9.17) is 4.98 Å². The summed E-state index contributed by atoms with van der Waals surface area (Å²) in [6.45, 7) is 13.9. The number of hydrogen-bond acceptors (Lipinski definition) is 2. The van der Waals surface area contributed by atoms with Crippen LogP contribution < -0.4 is 4.90 Å². The van der Waals surface area contributed by atoms with Crippen molar-refractivity contribution in [1.82, 2.24) is 13.8 Å². The van der Waals surface area contributed by atoms with Crippen molar-refractivity contribution >= 4 is 115 Å². The van der Waals surface area contributed by atoms with E-state index in [0.29, 0.717) is 0 Å². The molecule has 0 aliphatic carbocycles. The molecule has 0 aliphatic heterocycles. The molecule has 13 aromatic rings. The van der Waals surface area contributed by atoms with E-state index >= 15 is 0 Å². The molecule has 0 aliphatic rings. The highest BCUT2D eigenvalue weighted by Crippen LogP contribution is 2.51. The van der Waals surface area contributed by atoms with Crippen LogP contribution in [-0.4, -0.2) is 13.8 Å². The van der Waals surface area contributed by atoms with Gasteiger partial charge >= 0.3 is 0 Å². The van der Waals surface area contributed by atoms with Gasteiger partial charge in [-0.05, 0) is 105 Å². The first-order valence-electron chi connectivity index (χ1n) is 21.6. The Labute approximate surface area is 353 Å². The molecule has 0 unspecified atom stereocenters. The van der Waals surface area contributed by atoms with Crippen molar-refractivity contribution in [3.05, 3.63) is 169 Å². The summed E-state index contributed by atoms with van der Waals surface area (Å²) >= 11 is 0. The fourth-order valence-electron chi connectivity index (χ4n) is 10.6. The Hall–Kier alpha value is -7.17. The summed E-state index contributed by atoms with van der Waals surface area (Å²) in [5.74, 6) is 0. The molecular formula is C57H44N4. The Morgan fingerprint density at radius 1 is 0.410 bits per heavy atom. The lowest BCUT2D eigenvalue weighted by Crippen LogP contribution is -2.11. The molecule has 0 amide bonds. The van der Waals surface area contributed by atoms with Gasteiger partial charge in [-0.1, -0.05) is 133 Å². The molecule has 0 saturated carbocycles. The predicted octanol–water partition coefficient (Wildman–Crippen LogP) is 15.8. The monoisotopic (exact) mass is 784 g/mol. The Balaban J connectivity index is 1.28. The first kappa shape index (κ1) is 34.7. The van der Waals surface area contributed by atoms with Gasteiger partial charge in [-0.25, -0.2) is 4.98 Å². The van der Waals surface area contributed by atoms with Crippen LogP contribution in [0.1, 0.15) is 52.7 Å². The molecular weight excluding hydrogens is 741 g/mol. The Morgan fingerprint density at radius 3 is 1.61 bits per heavy atom. The number of para-hydroxylation sites is 2. The van der Waals surface area contributed by atoms with E-state index in [-0.39, 0.29) is 10.8 Å². The lowest BCUT2D eigenvalue weighted by molar-refractivity contribution is 0.591. The van der Waals surface area contributed by atoms with Crippen molar-refractivity contribution < 1.29 is 0 Å². The maximum Gasteiger partial charge on any atom is 0.146 e. The van der Waals surface area contributed by atoms with Gasteiger partial charge < -0.3 is 9.30 Å². The lowest BCUT2D eigenvalue weighted by atomic mass is 9.85. The minimum atomic E-state index is -0.0749. The Morgan fingerprint density at radius 2 is 0.951 bits per heavy atom. The Bertz CT molecular complexity index is 3890. The molecule has 0 N–H and O–H groups in total. The predicted molar refractivity (Wildman–Crippen MR) is 261 cm³/mol. The largest absolute Gasteiger partial charge is 0.308 e. The molecule has 61 heavy (non-hydrogen) atoms. The standard InChI is InChI=1S/C57H44N4/c1-56(2,3)35-25-26-47-41(29-35)42-27-33-17-13-15-23-39(33)49-50-48(60(47)52(42)49)32-46-45-31-36(57(4,5)6)30-44-43-28-34-18-14-16-24-40(34)53(54(43)61(51(44)45)55(46)58-50)59(37-19-9-7-10-20-37)38-21-11-8-12-22-38/h7-32H,1-6H3. The van der Waals surface area contributed by atoms with Crippen LogP contribution >= 0.6 is 0 Å². The molecule has 0 radical (unpaired) electrons. The summed E-state index contributed by atoms with van der Waals surface area (Å²) in [5, 5.41) is 13.6. The molecule has 13 rings (SSSR count). The maximum atomic E-state index is 5.96. The summed E-state index contributed by atoms with van der Waals surface area (Å²) in [6, 6.07) is 58.8. The number of rotatable bonds is 3. The number of anilines is 3. The van der Waals surface area contributed by atoms with E-state index in [2.05, 4.69) is 213 Å². The second kappa shape index (κ2) is 11.8. The van der Waals surface area contributed by atoms with Crippen molar-refractivity contribution in [3.63, 3.8) is 0 Å². The summed E-state index contributed by atoms with van der Waals surface area (Å²) in [5.41, 5.74) is 14.1. The average molecular weight is 785 g/mol. The van der Waals surface area contributed by atoms with Crippen LogP contribution in [0.2, 0.25) is 0 Å². The maximum absolute atomic E-state index is 5.96. The molecule has 0 bridgehead atoms. The minimum absolute atomic E-state index is 0.0349. The third-order valence-electron chi connectivity index (χ3n) is 13.6. The fraction of sp³-hybridized carbons (Fsp3) is 0.140. The molecule has 0 spiro atoms. The van der Waals surface area contributed by atoms with Crippen molar-refractivity contribution in [2.24, 2.45) is 0 Å². The SMILES string of the molecule is CC(C)(C)c1ccc2c(c1)c1cc3ccccc3c3c4nc5c(cc4n2c13)c1cc(C(C)(C)C)cc2c3cc4ccccc4c(N(c4ccccc4)c4ccccc4)c3n5c12. The zero-order valence-electron chi connectivity index (χ0n) is 35.3. The number of pyridine rings is 1. The van der Waals surface area contributed by atoms with Gasteiger partial charge in [-0.2, -0.15) is 0 Å². The topological polar surface area (TPSA) is 24.9 Å². The van der Waals surface area contributed by atoms with Crippen LogP contribution in [0, 0.1) is 0 Å². The quantitative estimate of drug-likeness (QED) is 0.178. The van der Waals surface area contributed by atoms with Gasteiger partial charge in [0, 0.05) is 54.5 Å². The smallest absolute Gasteiger partial charge is 0.146 e. The van der Waals surface area contributed by atoms with Crippen LogP contribution in [0.15, 0.2) is 158 Å². The summed E-state index contributed by atoms with van der Waals surface area (Å²) in [4.78, 5) is 8.42. The zero-order valence-corrected chi connectivity index (χ0v) is 35.3. The summed E-state index contributed by atoms with van der Waals surface area (Å²) in [6.07, 6.45) is 0. The van der Waals surface area contributed by atoms with E-state index in [9.17, 15) is 0 Å². The summed E-state index contributed by atoms with van der Waals surface area (Å²) < 4.78 is 5.04. The Kier molecular flexibility index (Phi) is 6.69. The van der Waals surface area contributed by atoms with Crippen molar-refractivity contribution in [1.29, 1.82) is 0 Å². The number of benzene rings is 8. The average Bonchev–Trinajstić information content (AvgIpc) is 3.98. The van der Waals surface area contributed by atoms with E-state index in [1.807, 2.05) is 0 Å². The molecule has 0 atom stereocenters. The number of nitrogens with zero attached hydrogens (tertiary/aromatic N) is 4. The minimum Gasteiger partial charge on any atom is -0.308 e. The van der Waals surface area contributed by atoms with Gasteiger partial charge in [0.15, 0.2) is 0 Å². The van der Waals surface area contributed by atoms with Gasteiger partial charge in [0.25, 0.3) is 0 Å². The van der Waals surface area contributed by atoms with E-state index in [1.165, 1.54) is 92.4 Å². The highest BCUT2D eigenvalue weighted by Gasteiger charge is 2.30. The normalized spacial score (nSPS) is 13.1. The van der Waals surface area contributed by atoms with Crippen molar-refractivity contribution in [3.8, 4) is 0 Å². The van der Waals surface area contributed by atoms with E-state index in [0.717, 1.165) is 33.7 Å². The third kappa shape index (κ3) is 4.62. The van der Waals surface area contributed by atoms with Crippen LogP contribution in [-0.2, 0) is 10.8 Å². The number of hydrogen-bond donors (Lipinski definition) is 0. The first-order chi connectivity index (χ1) is 29.5. The van der Waals surface area contributed by atoms with Gasteiger partial charge in [-0.3, -0.25) is 4.40 Å². The first-order valence-corrected chi connectivity index (χ1v) is 21.6. The molecule has 292 valence electrons. The van der Waals surface area contributed by atoms with Gasteiger partial charge in [0.2, 0.25) is 0 Å². The zero-order chi connectivity index (χ0) is 41.1. The number of aromatic nitrogens is 3. The lowest BCUT2D eigenvalue weighted by Gasteiger charge is -2.28. The molecule has 0 saturated heterocycles. The van der Waals surface area contributed by atoms with Crippen molar-refractivity contribution in [2.75, 3.05) is 4.90 Å². The van der Waals surface area contributed by atoms with E-state index < -0.39 is 0 Å². The van der Waals surface area contributed by atoms with Crippen molar-refractivity contribution in [2.45, 2.75) is 52.4 Å². The van der Waals surface area contributed by atoms with Crippen LogP contribution in [0.25, 0.3) is 98.0 Å². The van der Waals surface area contributed by atoms with Gasteiger partial charge in [0.05, 0.1) is 38.8 Å². The van der Waals surface area contributed by atoms with Crippen LogP contribution in [0.4, 0.5) is 17.1 Å². The second-order valence-electron chi connectivity index (χ2n) is 19.3. The second-order valence-corrected chi connectivity index (χ2v) is 19.3. The molecule has 8 aromatic carbocycles. The molecule has 5 aromatic heterocycles. The highest BCUT2D eigenvalue weighted by molar-refractivity contribution is 6.33. The van der Waals surface area contributed by atoms with Crippen LogP contribution in [0.5, 0.6) is 0 Å². The fourth-order valence-corrected chi connectivity index (χ4v) is 10.6. The molecule has 5 heterocycles. The van der Waals surface area contributed by atoms with E-state index in [1.54, 1.807) is 0 Å². The molecule has 4 nitrogen and oxygen atoms in total. The molecule has 0 fully saturated rings. The number of fused-ring (bicyclic) bond motifs is 15.